The Bertz CT molecular complexity index is 718. The highest BCUT2D eigenvalue weighted by molar-refractivity contribution is 7.99. The standard InChI is InChI=1S/C16H19N3S/c1-18(2)11-6-12-19-13-7-3-4-8-14(13)20-15-9-5-10-17-16(15)19/h3-5,7-10H,6,11-12H2,1-2H3/i1D3,2D3. The molecule has 104 valence electrons. The minimum atomic E-state index is -2.66. The molecule has 4 heteroatoms. The van der Waals surface area contributed by atoms with Gasteiger partial charge in [-0.05, 0) is 51.2 Å². The van der Waals surface area contributed by atoms with Gasteiger partial charge < -0.3 is 9.80 Å². The third-order valence-corrected chi connectivity index (χ3v) is 4.25. The van der Waals surface area contributed by atoms with Crippen molar-refractivity contribution in [2.24, 2.45) is 0 Å². The van der Waals surface area contributed by atoms with Crippen molar-refractivity contribution < 1.29 is 8.22 Å². The maximum atomic E-state index is 7.47. The third kappa shape index (κ3) is 2.67. The molecule has 1 aliphatic heterocycles. The van der Waals surface area contributed by atoms with Crippen molar-refractivity contribution in [3.05, 3.63) is 42.6 Å². The normalized spacial score (nSPS) is 18.9. The van der Waals surface area contributed by atoms with Gasteiger partial charge in [-0.15, -0.1) is 0 Å². The average Bonchev–Trinajstić information content (AvgIpc) is 2.55. The van der Waals surface area contributed by atoms with Crippen molar-refractivity contribution in [2.75, 3.05) is 31.9 Å². The molecule has 0 amide bonds. The van der Waals surface area contributed by atoms with Crippen LogP contribution >= 0.6 is 11.8 Å². The summed E-state index contributed by atoms with van der Waals surface area (Å²) in [7, 11) is 0. The predicted octanol–water partition coefficient (Wildman–Crippen LogP) is 3.64. The second-order valence-corrected chi connectivity index (χ2v) is 5.64. The van der Waals surface area contributed by atoms with Crippen molar-refractivity contribution in [1.29, 1.82) is 0 Å². The zero-order valence-electron chi connectivity index (χ0n) is 16.9. The number of pyridine rings is 1. The van der Waals surface area contributed by atoms with Gasteiger partial charge in [0.1, 0.15) is 5.82 Å². The fourth-order valence-corrected chi connectivity index (χ4v) is 3.34. The molecule has 2 heterocycles. The van der Waals surface area contributed by atoms with Crippen LogP contribution in [0.2, 0.25) is 0 Å². The minimum Gasteiger partial charge on any atom is -0.324 e. The first-order chi connectivity index (χ1) is 12.2. The number of rotatable bonds is 4. The van der Waals surface area contributed by atoms with E-state index in [-0.39, 0.29) is 6.54 Å². The van der Waals surface area contributed by atoms with Gasteiger partial charge in [0, 0.05) is 25.9 Å². The van der Waals surface area contributed by atoms with E-state index in [1.807, 2.05) is 41.3 Å². The van der Waals surface area contributed by atoms with Crippen molar-refractivity contribution in [3.8, 4) is 0 Å². The maximum absolute atomic E-state index is 7.47. The summed E-state index contributed by atoms with van der Waals surface area (Å²) in [5, 5.41) is 0. The minimum absolute atomic E-state index is 0.0546. The van der Waals surface area contributed by atoms with Gasteiger partial charge in [-0.25, -0.2) is 4.98 Å². The molecule has 0 unspecified atom stereocenters. The molecule has 0 fully saturated rings. The van der Waals surface area contributed by atoms with Crippen LogP contribution in [-0.2, 0) is 0 Å². The Labute approximate surface area is 133 Å². The fourth-order valence-electron chi connectivity index (χ4n) is 2.28. The zero-order chi connectivity index (χ0) is 18.9. The SMILES string of the molecule is [2H]C([2H])([2H])N(CCCN1c2ccccc2Sc2cccnc21)C([2H])([2H])[2H]. The molecule has 2 aromatic rings. The summed E-state index contributed by atoms with van der Waals surface area (Å²) in [6.07, 6.45) is 2.10. The molecule has 0 bridgehead atoms. The second kappa shape index (κ2) is 5.85. The van der Waals surface area contributed by atoms with Crippen LogP contribution in [0.4, 0.5) is 11.5 Å². The van der Waals surface area contributed by atoms with E-state index in [0.29, 0.717) is 17.9 Å². The molecular formula is C16H19N3S. The molecule has 1 aromatic heterocycles. The molecule has 0 N–H and O–H groups in total. The van der Waals surface area contributed by atoms with Crippen molar-refractivity contribution in [1.82, 2.24) is 9.88 Å². The van der Waals surface area contributed by atoms with Crippen LogP contribution < -0.4 is 4.90 Å². The first kappa shape index (κ1) is 8.05. The Hall–Kier alpha value is -1.52. The largest absolute Gasteiger partial charge is 0.324 e. The monoisotopic (exact) mass is 291 g/mol. The van der Waals surface area contributed by atoms with E-state index < -0.39 is 14.0 Å². The Kier molecular flexibility index (Phi) is 2.36. The van der Waals surface area contributed by atoms with Crippen LogP contribution in [0.5, 0.6) is 0 Å². The lowest BCUT2D eigenvalue weighted by Crippen LogP contribution is -2.26. The number of aromatic nitrogens is 1. The predicted molar refractivity (Wildman–Crippen MR) is 85.0 cm³/mol. The lowest BCUT2D eigenvalue weighted by Gasteiger charge is -2.31. The lowest BCUT2D eigenvalue weighted by atomic mass is 10.2. The van der Waals surface area contributed by atoms with Gasteiger partial charge >= 0.3 is 0 Å². The first-order valence-corrected chi connectivity index (χ1v) is 7.27. The summed E-state index contributed by atoms with van der Waals surface area (Å²) in [4.78, 5) is 9.21. The highest BCUT2D eigenvalue weighted by Gasteiger charge is 2.23. The maximum Gasteiger partial charge on any atom is 0.147 e. The van der Waals surface area contributed by atoms with Crippen LogP contribution in [-0.4, -0.2) is 36.9 Å². The van der Waals surface area contributed by atoms with Crippen LogP contribution in [0, 0.1) is 0 Å². The molecule has 0 saturated carbocycles. The molecule has 3 rings (SSSR count). The Balaban J connectivity index is 1.80. The molecule has 0 saturated heterocycles. The Morgan fingerprint density at radius 1 is 1.20 bits per heavy atom. The topological polar surface area (TPSA) is 19.4 Å². The number of anilines is 2. The van der Waals surface area contributed by atoms with Gasteiger partial charge in [0.15, 0.2) is 0 Å². The van der Waals surface area contributed by atoms with Gasteiger partial charge in [0.05, 0.1) is 10.6 Å². The summed E-state index contributed by atoms with van der Waals surface area (Å²) < 4.78 is 44.8. The molecule has 3 nitrogen and oxygen atoms in total. The lowest BCUT2D eigenvalue weighted by molar-refractivity contribution is 0.402. The van der Waals surface area contributed by atoms with E-state index in [1.165, 1.54) is 0 Å². The molecule has 1 aromatic carbocycles. The number of fused-ring (bicyclic) bond motifs is 2. The van der Waals surface area contributed by atoms with Crippen molar-refractivity contribution in [2.45, 2.75) is 16.2 Å². The highest BCUT2D eigenvalue weighted by atomic mass is 32.2. The number of para-hydroxylation sites is 1. The Morgan fingerprint density at radius 2 is 2.05 bits per heavy atom. The molecule has 1 aliphatic rings. The quantitative estimate of drug-likeness (QED) is 0.856. The summed E-state index contributed by atoms with van der Waals surface area (Å²) >= 11 is 1.64. The fraction of sp³-hybridized carbons (Fsp3) is 0.312. The molecule has 0 spiro atoms. The summed E-state index contributed by atoms with van der Waals surface area (Å²) in [5.74, 6) is 0.811. The van der Waals surface area contributed by atoms with E-state index >= 15 is 0 Å². The van der Waals surface area contributed by atoms with E-state index in [4.69, 9.17) is 8.22 Å². The van der Waals surface area contributed by atoms with Gasteiger partial charge in [0.25, 0.3) is 0 Å². The number of hydrogen-bond donors (Lipinski definition) is 0. The van der Waals surface area contributed by atoms with Crippen LogP contribution in [0.3, 0.4) is 0 Å². The molecule has 20 heavy (non-hydrogen) atoms. The summed E-state index contributed by atoms with van der Waals surface area (Å²) in [6, 6.07) is 11.8. The van der Waals surface area contributed by atoms with E-state index in [2.05, 4.69) is 4.98 Å². The Morgan fingerprint density at radius 3 is 2.95 bits per heavy atom. The van der Waals surface area contributed by atoms with Crippen molar-refractivity contribution in [3.63, 3.8) is 0 Å². The average molecular weight is 291 g/mol. The van der Waals surface area contributed by atoms with Crippen molar-refractivity contribution >= 4 is 23.3 Å². The molecule has 0 radical (unpaired) electrons. The molecule has 0 atom stereocenters. The molecular weight excluding hydrogens is 266 g/mol. The number of nitrogens with zero attached hydrogens (tertiary/aromatic N) is 3. The number of benzene rings is 1. The second-order valence-electron chi connectivity index (χ2n) is 4.55. The van der Waals surface area contributed by atoms with Gasteiger partial charge in [0.2, 0.25) is 0 Å². The van der Waals surface area contributed by atoms with Crippen LogP contribution in [0.25, 0.3) is 0 Å². The highest BCUT2D eigenvalue weighted by Crippen LogP contribution is 2.46. The molecule has 0 aliphatic carbocycles. The smallest absolute Gasteiger partial charge is 0.147 e. The van der Waals surface area contributed by atoms with Crippen LogP contribution in [0.15, 0.2) is 52.4 Å². The summed E-state index contributed by atoms with van der Waals surface area (Å²) in [6.45, 7) is -4.89. The van der Waals surface area contributed by atoms with Gasteiger partial charge in [-0.3, -0.25) is 0 Å². The zero-order valence-corrected chi connectivity index (χ0v) is 11.7. The number of hydrogen-bond acceptors (Lipinski definition) is 4. The first-order valence-electron chi connectivity index (χ1n) is 9.45. The van der Waals surface area contributed by atoms with Gasteiger partial charge in [-0.1, -0.05) is 23.9 Å². The third-order valence-electron chi connectivity index (χ3n) is 3.15. The van der Waals surface area contributed by atoms with Gasteiger partial charge in [-0.2, -0.15) is 0 Å². The van der Waals surface area contributed by atoms with E-state index in [1.54, 1.807) is 18.0 Å². The summed E-state index contributed by atoms with van der Waals surface area (Å²) in [5.41, 5.74) is 0.998. The van der Waals surface area contributed by atoms with E-state index in [0.717, 1.165) is 21.3 Å². The van der Waals surface area contributed by atoms with E-state index in [9.17, 15) is 0 Å². The van der Waals surface area contributed by atoms with Crippen LogP contribution in [0.1, 0.15) is 14.6 Å².